The molecule has 3 rings (SSSR count). The van der Waals surface area contributed by atoms with Gasteiger partial charge in [-0.05, 0) is 47.1 Å². The van der Waals surface area contributed by atoms with E-state index in [-0.39, 0.29) is 0 Å². The van der Waals surface area contributed by atoms with Gasteiger partial charge < -0.3 is 9.26 Å². The lowest BCUT2D eigenvalue weighted by Crippen LogP contribution is -1.94. The summed E-state index contributed by atoms with van der Waals surface area (Å²) in [5.41, 5.74) is 2.41. The minimum Gasteiger partial charge on any atom is -0.480 e. The number of benzene rings is 1. The van der Waals surface area contributed by atoms with E-state index in [0.29, 0.717) is 23.2 Å². The molecular formula is C15H12BrN3O2. The summed E-state index contributed by atoms with van der Waals surface area (Å²) in [4.78, 5) is 8.74. The maximum absolute atomic E-state index is 5.34. The van der Waals surface area contributed by atoms with Crippen LogP contribution < -0.4 is 4.74 Å². The van der Waals surface area contributed by atoms with E-state index in [9.17, 15) is 0 Å². The fraction of sp³-hybridized carbons (Fsp3) is 0.133. The van der Waals surface area contributed by atoms with Crippen LogP contribution in [0.25, 0.3) is 22.8 Å². The average molecular weight is 346 g/mol. The molecule has 0 aliphatic carbocycles. The van der Waals surface area contributed by atoms with Crippen molar-refractivity contribution in [3.05, 3.63) is 46.6 Å². The largest absolute Gasteiger partial charge is 0.480 e. The average Bonchev–Trinajstić information content (AvgIpc) is 2.97. The minimum atomic E-state index is 0.445. The molecule has 0 spiro atoms. The van der Waals surface area contributed by atoms with Crippen LogP contribution in [-0.2, 0) is 0 Å². The molecule has 0 aliphatic rings. The standard InChI is InChI=1S/C15H12BrN3O2/c1-9-7-8-11(14(17-9)20-2)13-18-15(21-19-13)10-5-3-4-6-12(10)16/h3-8H,1-2H3. The number of aromatic nitrogens is 3. The van der Waals surface area contributed by atoms with Crippen molar-refractivity contribution in [1.29, 1.82) is 0 Å². The topological polar surface area (TPSA) is 61.0 Å². The summed E-state index contributed by atoms with van der Waals surface area (Å²) in [5, 5.41) is 4.02. The molecule has 0 fully saturated rings. The Bertz CT molecular complexity index is 786. The molecule has 0 amide bonds. The first-order valence-electron chi connectivity index (χ1n) is 6.29. The van der Waals surface area contributed by atoms with E-state index in [0.717, 1.165) is 15.7 Å². The number of aryl methyl sites for hydroxylation is 1. The monoisotopic (exact) mass is 345 g/mol. The van der Waals surface area contributed by atoms with E-state index in [4.69, 9.17) is 9.26 Å². The Balaban J connectivity index is 2.05. The van der Waals surface area contributed by atoms with Gasteiger partial charge in [0.05, 0.1) is 18.2 Å². The predicted molar refractivity (Wildman–Crippen MR) is 82.0 cm³/mol. The SMILES string of the molecule is COc1nc(C)ccc1-c1noc(-c2ccccc2Br)n1. The number of pyridine rings is 1. The lowest BCUT2D eigenvalue weighted by molar-refractivity contribution is 0.397. The number of halogens is 1. The molecule has 1 aromatic carbocycles. The zero-order chi connectivity index (χ0) is 14.8. The molecule has 2 heterocycles. The summed E-state index contributed by atoms with van der Waals surface area (Å²) in [6, 6.07) is 11.4. The number of hydrogen-bond acceptors (Lipinski definition) is 5. The van der Waals surface area contributed by atoms with Gasteiger partial charge in [0.15, 0.2) is 0 Å². The van der Waals surface area contributed by atoms with Crippen LogP contribution >= 0.6 is 15.9 Å². The summed E-state index contributed by atoms with van der Waals surface area (Å²) in [6.45, 7) is 1.90. The smallest absolute Gasteiger partial charge is 0.259 e. The van der Waals surface area contributed by atoms with E-state index in [1.165, 1.54) is 0 Å². The third-order valence-electron chi connectivity index (χ3n) is 2.96. The van der Waals surface area contributed by atoms with Crippen LogP contribution in [0, 0.1) is 6.92 Å². The van der Waals surface area contributed by atoms with Gasteiger partial charge in [0.25, 0.3) is 5.89 Å². The van der Waals surface area contributed by atoms with Crippen molar-refractivity contribution in [2.45, 2.75) is 6.92 Å². The van der Waals surface area contributed by atoms with Gasteiger partial charge in [0, 0.05) is 10.2 Å². The zero-order valence-corrected chi connectivity index (χ0v) is 13.1. The molecule has 0 atom stereocenters. The Morgan fingerprint density at radius 2 is 1.86 bits per heavy atom. The van der Waals surface area contributed by atoms with Crippen molar-refractivity contribution >= 4 is 15.9 Å². The second-order valence-corrected chi connectivity index (χ2v) is 5.27. The molecule has 6 heteroatoms. The van der Waals surface area contributed by atoms with Crippen molar-refractivity contribution in [2.75, 3.05) is 7.11 Å². The molecular weight excluding hydrogens is 334 g/mol. The van der Waals surface area contributed by atoms with Crippen LogP contribution in [0.3, 0.4) is 0 Å². The third-order valence-corrected chi connectivity index (χ3v) is 3.66. The Hall–Kier alpha value is -2.21. The number of nitrogens with zero attached hydrogens (tertiary/aromatic N) is 3. The first-order chi connectivity index (χ1) is 10.2. The minimum absolute atomic E-state index is 0.445. The highest BCUT2D eigenvalue weighted by molar-refractivity contribution is 9.10. The van der Waals surface area contributed by atoms with Crippen molar-refractivity contribution < 1.29 is 9.26 Å². The predicted octanol–water partition coefficient (Wildman–Crippen LogP) is 3.88. The van der Waals surface area contributed by atoms with Crippen molar-refractivity contribution in [1.82, 2.24) is 15.1 Å². The lowest BCUT2D eigenvalue weighted by atomic mass is 10.2. The molecule has 106 valence electrons. The van der Waals surface area contributed by atoms with E-state index < -0.39 is 0 Å². The zero-order valence-electron chi connectivity index (χ0n) is 11.5. The van der Waals surface area contributed by atoms with Gasteiger partial charge in [-0.15, -0.1) is 0 Å². The fourth-order valence-electron chi connectivity index (χ4n) is 1.94. The number of hydrogen-bond donors (Lipinski definition) is 0. The number of methoxy groups -OCH3 is 1. The maximum Gasteiger partial charge on any atom is 0.259 e. The summed E-state index contributed by atoms with van der Waals surface area (Å²) in [6.07, 6.45) is 0. The maximum atomic E-state index is 5.34. The van der Waals surface area contributed by atoms with Crippen LogP contribution in [0.1, 0.15) is 5.69 Å². The molecule has 2 aromatic heterocycles. The van der Waals surface area contributed by atoms with Crippen LogP contribution in [0.15, 0.2) is 45.4 Å². The molecule has 0 radical (unpaired) electrons. The Labute approximate surface area is 130 Å². The molecule has 0 N–H and O–H groups in total. The Kier molecular flexibility index (Phi) is 3.70. The van der Waals surface area contributed by atoms with Gasteiger partial charge in [-0.1, -0.05) is 17.3 Å². The van der Waals surface area contributed by atoms with Crippen LogP contribution in [0.5, 0.6) is 5.88 Å². The molecule has 0 saturated carbocycles. The molecule has 3 aromatic rings. The first-order valence-corrected chi connectivity index (χ1v) is 7.09. The second-order valence-electron chi connectivity index (χ2n) is 4.41. The highest BCUT2D eigenvalue weighted by Gasteiger charge is 2.16. The summed E-state index contributed by atoms with van der Waals surface area (Å²) in [5.74, 6) is 1.37. The molecule has 0 aliphatic heterocycles. The normalized spacial score (nSPS) is 10.6. The van der Waals surface area contributed by atoms with Gasteiger partial charge in [-0.25, -0.2) is 4.98 Å². The number of ether oxygens (including phenoxy) is 1. The van der Waals surface area contributed by atoms with Gasteiger partial charge in [-0.3, -0.25) is 0 Å². The van der Waals surface area contributed by atoms with E-state index >= 15 is 0 Å². The Morgan fingerprint density at radius 3 is 2.62 bits per heavy atom. The Morgan fingerprint density at radius 1 is 1.05 bits per heavy atom. The van der Waals surface area contributed by atoms with Crippen molar-refractivity contribution in [3.63, 3.8) is 0 Å². The van der Waals surface area contributed by atoms with Crippen LogP contribution in [0.4, 0.5) is 0 Å². The van der Waals surface area contributed by atoms with Gasteiger partial charge in [0.2, 0.25) is 11.7 Å². The van der Waals surface area contributed by atoms with Gasteiger partial charge >= 0.3 is 0 Å². The summed E-state index contributed by atoms with van der Waals surface area (Å²) in [7, 11) is 1.57. The lowest BCUT2D eigenvalue weighted by Gasteiger charge is -2.04. The fourth-order valence-corrected chi connectivity index (χ4v) is 2.39. The molecule has 5 nitrogen and oxygen atoms in total. The van der Waals surface area contributed by atoms with Gasteiger partial charge in [-0.2, -0.15) is 4.98 Å². The summed E-state index contributed by atoms with van der Waals surface area (Å²) < 4.78 is 11.5. The van der Waals surface area contributed by atoms with E-state index in [1.807, 2.05) is 43.3 Å². The van der Waals surface area contributed by atoms with E-state index in [1.54, 1.807) is 7.11 Å². The molecule has 0 bridgehead atoms. The quantitative estimate of drug-likeness (QED) is 0.720. The molecule has 0 saturated heterocycles. The third kappa shape index (κ3) is 2.67. The number of rotatable bonds is 3. The van der Waals surface area contributed by atoms with Crippen molar-refractivity contribution in [2.24, 2.45) is 0 Å². The first kappa shape index (κ1) is 13.8. The second kappa shape index (κ2) is 5.65. The summed E-state index contributed by atoms with van der Waals surface area (Å²) >= 11 is 3.47. The van der Waals surface area contributed by atoms with Crippen LogP contribution in [0.2, 0.25) is 0 Å². The molecule has 0 unspecified atom stereocenters. The van der Waals surface area contributed by atoms with Crippen LogP contribution in [-0.4, -0.2) is 22.2 Å². The van der Waals surface area contributed by atoms with Crippen molar-refractivity contribution in [3.8, 4) is 28.7 Å². The van der Waals surface area contributed by atoms with Gasteiger partial charge in [0.1, 0.15) is 0 Å². The highest BCUT2D eigenvalue weighted by atomic mass is 79.9. The van der Waals surface area contributed by atoms with E-state index in [2.05, 4.69) is 31.1 Å². The molecule has 21 heavy (non-hydrogen) atoms. The highest BCUT2D eigenvalue weighted by Crippen LogP contribution is 2.31.